The second kappa shape index (κ2) is 11.4. The predicted octanol–water partition coefficient (Wildman–Crippen LogP) is 3.59. The molecule has 3 rings (SSSR count). The zero-order chi connectivity index (χ0) is 22.9. The zero-order valence-corrected chi connectivity index (χ0v) is 18.2. The number of nitro benzene ring substituents is 1. The minimum atomic E-state index is -0.713. The SMILES string of the molecule is O=C(COC(=O)C=Cc1ccc(Cl)c([N+](=O)[O-])c1)NC1CCN(Cc2ccccc2)CC1. The number of esters is 1. The normalized spacial score (nSPS) is 14.9. The van der Waals surface area contributed by atoms with Crippen LogP contribution in [-0.4, -0.2) is 47.4 Å². The van der Waals surface area contributed by atoms with Crippen LogP contribution in [0.5, 0.6) is 0 Å². The molecule has 1 aliphatic rings. The summed E-state index contributed by atoms with van der Waals surface area (Å²) in [5.74, 6) is -1.06. The highest BCUT2D eigenvalue weighted by Crippen LogP contribution is 2.25. The first-order valence-corrected chi connectivity index (χ1v) is 10.6. The van der Waals surface area contributed by atoms with Crippen molar-refractivity contribution < 1.29 is 19.2 Å². The van der Waals surface area contributed by atoms with Crippen molar-refractivity contribution in [2.75, 3.05) is 19.7 Å². The number of nitrogens with zero attached hydrogens (tertiary/aromatic N) is 2. The van der Waals surface area contributed by atoms with Crippen LogP contribution in [0, 0.1) is 10.1 Å². The standard InChI is InChI=1S/C23H24ClN3O5/c24-20-8-6-17(14-21(20)27(30)31)7-9-23(29)32-16-22(28)25-19-10-12-26(13-11-19)15-18-4-2-1-3-5-18/h1-9,14,19H,10-13,15-16H2,(H,25,28). The molecule has 1 heterocycles. The van der Waals surface area contributed by atoms with Gasteiger partial charge in [-0.1, -0.05) is 48.0 Å². The molecule has 168 valence electrons. The average molecular weight is 458 g/mol. The molecule has 0 aromatic heterocycles. The Labute approximate surface area is 191 Å². The van der Waals surface area contributed by atoms with E-state index in [2.05, 4.69) is 22.3 Å². The summed E-state index contributed by atoms with van der Waals surface area (Å²) in [4.78, 5) is 36.6. The highest BCUT2D eigenvalue weighted by Gasteiger charge is 2.21. The van der Waals surface area contributed by atoms with Crippen molar-refractivity contribution in [1.29, 1.82) is 0 Å². The fourth-order valence-corrected chi connectivity index (χ4v) is 3.66. The summed E-state index contributed by atoms with van der Waals surface area (Å²) in [7, 11) is 0. The molecule has 2 aromatic rings. The molecule has 8 nitrogen and oxygen atoms in total. The topological polar surface area (TPSA) is 102 Å². The monoisotopic (exact) mass is 457 g/mol. The molecule has 9 heteroatoms. The summed E-state index contributed by atoms with van der Waals surface area (Å²) < 4.78 is 4.96. The number of carbonyl (C=O) groups excluding carboxylic acids is 2. The summed E-state index contributed by atoms with van der Waals surface area (Å²) in [5, 5.41) is 13.8. The summed E-state index contributed by atoms with van der Waals surface area (Å²) in [5.41, 5.74) is 1.43. The van der Waals surface area contributed by atoms with E-state index in [4.69, 9.17) is 16.3 Å². The van der Waals surface area contributed by atoms with E-state index in [1.165, 1.54) is 29.8 Å². The maximum atomic E-state index is 12.1. The van der Waals surface area contributed by atoms with Gasteiger partial charge in [-0.3, -0.25) is 19.8 Å². The Balaban J connectivity index is 1.38. The third kappa shape index (κ3) is 7.18. The fraction of sp³-hybridized carbons (Fsp3) is 0.304. The molecular weight excluding hydrogens is 434 g/mol. The van der Waals surface area contributed by atoms with Crippen LogP contribution in [0.3, 0.4) is 0 Å². The van der Waals surface area contributed by atoms with Gasteiger partial charge in [-0.05, 0) is 36.1 Å². The Morgan fingerprint density at radius 3 is 2.59 bits per heavy atom. The van der Waals surface area contributed by atoms with Gasteiger partial charge in [0.15, 0.2) is 6.61 Å². The van der Waals surface area contributed by atoms with E-state index < -0.39 is 10.9 Å². The smallest absolute Gasteiger partial charge is 0.331 e. The number of piperidine rings is 1. The van der Waals surface area contributed by atoms with Crippen molar-refractivity contribution in [3.05, 3.63) is 80.9 Å². The first-order valence-electron chi connectivity index (χ1n) is 10.2. The molecule has 32 heavy (non-hydrogen) atoms. The lowest BCUT2D eigenvalue weighted by Crippen LogP contribution is -2.45. The van der Waals surface area contributed by atoms with E-state index in [0.29, 0.717) is 5.56 Å². The molecule has 0 saturated carbocycles. The number of ether oxygens (including phenoxy) is 1. The van der Waals surface area contributed by atoms with E-state index in [0.717, 1.165) is 38.6 Å². The Hall–Kier alpha value is -3.23. The molecule has 0 bridgehead atoms. The minimum Gasteiger partial charge on any atom is -0.452 e. The van der Waals surface area contributed by atoms with Crippen LogP contribution in [0.25, 0.3) is 6.08 Å². The van der Waals surface area contributed by atoms with Crippen LogP contribution in [0.4, 0.5) is 5.69 Å². The van der Waals surface area contributed by atoms with Crippen molar-refractivity contribution in [1.82, 2.24) is 10.2 Å². The Kier molecular flexibility index (Phi) is 8.35. The summed E-state index contributed by atoms with van der Waals surface area (Å²) >= 11 is 5.76. The van der Waals surface area contributed by atoms with Gasteiger partial charge in [0.25, 0.3) is 11.6 Å². The maximum Gasteiger partial charge on any atom is 0.331 e. The lowest BCUT2D eigenvalue weighted by Gasteiger charge is -2.32. The number of carbonyl (C=O) groups is 2. The van der Waals surface area contributed by atoms with Crippen molar-refractivity contribution in [3.63, 3.8) is 0 Å². The van der Waals surface area contributed by atoms with Gasteiger partial charge in [-0.2, -0.15) is 0 Å². The van der Waals surface area contributed by atoms with Crippen molar-refractivity contribution >= 4 is 35.2 Å². The summed E-state index contributed by atoms with van der Waals surface area (Å²) in [6.07, 6.45) is 4.15. The quantitative estimate of drug-likeness (QED) is 0.281. The lowest BCUT2D eigenvalue weighted by molar-refractivity contribution is -0.384. The third-order valence-corrected chi connectivity index (χ3v) is 5.45. The number of amides is 1. The van der Waals surface area contributed by atoms with Crippen LogP contribution in [0.1, 0.15) is 24.0 Å². The van der Waals surface area contributed by atoms with Crippen LogP contribution in [0.2, 0.25) is 5.02 Å². The molecule has 0 spiro atoms. The highest BCUT2D eigenvalue weighted by molar-refractivity contribution is 6.32. The van der Waals surface area contributed by atoms with E-state index in [1.807, 2.05) is 18.2 Å². The van der Waals surface area contributed by atoms with Gasteiger partial charge in [0.1, 0.15) is 5.02 Å². The van der Waals surface area contributed by atoms with E-state index >= 15 is 0 Å². The third-order valence-electron chi connectivity index (χ3n) is 5.13. The number of hydrogen-bond acceptors (Lipinski definition) is 6. The van der Waals surface area contributed by atoms with Gasteiger partial charge in [0.2, 0.25) is 0 Å². The largest absolute Gasteiger partial charge is 0.452 e. The van der Waals surface area contributed by atoms with Crippen molar-refractivity contribution in [3.8, 4) is 0 Å². The first kappa shape index (κ1) is 23.4. The Morgan fingerprint density at radius 2 is 1.91 bits per heavy atom. The van der Waals surface area contributed by atoms with Gasteiger partial charge in [0, 0.05) is 37.8 Å². The fourth-order valence-electron chi connectivity index (χ4n) is 3.47. The number of nitro groups is 1. The molecule has 0 radical (unpaired) electrons. The zero-order valence-electron chi connectivity index (χ0n) is 17.4. The van der Waals surface area contributed by atoms with E-state index in [9.17, 15) is 19.7 Å². The second-order valence-corrected chi connectivity index (χ2v) is 7.92. The van der Waals surface area contributed by atoms with Crippen molar-refractivity contribution in [2.45, 2.75) is 25.4 Å². The Bertz CT molecular complexity index is 988. The van der Waals surface area contributed by atoms with Crippen LogP contribution in [-0.2, 0) is 20.9 Å². The number of rotatable bonds is 8. The molecule has 1 saturated heterocycles. The van der Waals surface area contributed by atoms with Gasteiger partial charge >= 0.3 is 5.97 Å². The van der Waals surface area contributed by atoms with Gasteiger partial charge < -0.3 is 10.1 Å². The molecule has 0 atom stereocenters. The highest BCUT2D eigenvalue weighted by atomic mass is 35.5. The molecule has 0 aliphatic carbocycles. The molecular formula is C23H24ClN3O5. The van der Waals surface area contributed by atoms with Crippen LogP contribution >= 0.6 is 11.6 Å². The average Bonchev–Trinajstić information content (AvgIpc) is 2.79. The molecule has 1 N–H and O–H groups in total. The minimum absolute atomic E-state index is 0.0114. The summed E-state index contributed by atoms with van der Waals surface area (Å²) in [6, 6.07) is 14.5. The van der Waals surface area contributed by atoms with E-state index in [-0.39, 0.29) is 29.3 Å². The number of hydrogen-bond donors (Lipinski definition) is 1. The number of benzene rings is 2. The van der Waals surface area contributed by atoms with Crippen molar-refractivity contribution in [2.24, 2.45) is 0 Å². The van der Waals surface area contributed by atoms with Crippen LogP contribution in [0.15, 0.2) is 54.6 Å². The number of halogens is 1. The molecule has 1 fully saturated rings. The van der Waals surface area contributed by atoms with Crippen LogP contribution < -0.4 is 5.32 Å². The van der Waals surface area contributed by atoms with Gasteiger partial charge in [0.05, 0.1) is 4.92 Å². The number of likely N-dealkylation sites (tertiary alicyclic amines) is 1. The van der Waals surface area contributed by atoms with Gasteiger partial charge in [-0.15, -0.1) is 0 Å². The van der Waals surface area contributed by atoms with Gasteiger partial charge in [-0.25, -0.2) is 4.79 Å². The molecule has 2 aromatic carbocycles. The molecule has 1 aliphatic heterocycles. The lowest BCUT2D eigenvalue weighted by atomic mass is 10.0. The second-order valence-electron chi connectivity index (χ2n) is 7.51. The predicted molar refractivity (Wildman–Crippen MR) is 121 cm³/mol. The number of nitrogens with one attached hydrogen (secondary N) is 1. The first-order chi connectivity index (χ1) is 15.4. The molecule has 0 unspecified atom stereocenters. The molecule has 1 amide bonds. The summed E-state index contributed by atoms with van der Waals surface area (Å²) in [6.45, 7) is 2.28. The Morgan fingerprint density at radius 1 is 1.19 bits per heavy atom. The van der Waals surface area contributed by atoms with E-state index in [1.54, 1.807) is 0 Å². The maximum absolute atomic E-state index is 12.1.